The topological polar surface area (TPSA) is 118 Å². The molecular formula is C16H16N4O4S3. The van der Waals surface area contributed by atoms with Crippen LogP contribution in [0.3, 0.4) is 0 Å². The molecule has 0 bridgehead atoms. The van der Waals surface area contributed by atoms with E-state index < -0.39 is 20.0 Å². The van der Waals surface area contributed by atoms with Crippen molar-refractivity contribution in [3.63, 3.8) is 0 Å². The molecule has 2 aromatic heterocycles. The maximum absolute atomic E-state index is 12.5. The molecule has 0 saturated heterocycles. The van der Waals surface area contributed by atoms with Crippen molar-refractivity contribution in [1.29, 1.82) is 0 Å². The number of aryl methyl sites for hydroxylation is 2. The van der Waals surface area contributed by atoms with Gasteiger partial charge in [0.2, 0.25) is 0 Å². The van der Waals surface area contributed by atoms with Gasteiger partial charge in [-0.25, -0.2) is 26.8 Å². The summed E-state index contributed by atoms with van der Waals surface area (Å²) in [6.45, 7) is 3.40. The maximum atomic E-state index is 12.5. The predicted octanol–water partition coefficient (Wildman–Crippen LogP) is 2.76. The summed E-state index contributed by atoms with van der Waals surface area (Å²) >= 11 is 1.09. The first-order valence-corrected chi connectivity index (χ1v) is 11.5. The van der Waals surface area contributed by atoms with Gasteiger partial charge in [0.1, 0.15) is 15.9 Å². The lowest BCUT2D eigenvalue weighted by Crippen LogP contribution is -2.15. The van der Waals surface area contributed by atoms with E-state index in [9.17, 15) is 16.8 Å². The summed E-state index contributed by atoms with van der Waals surface area (Å²) < 4.78 is 54.4. The van der Waals surface area contributed by atoms with Gasteiger partial charge < -0.3 is 0 Å². The quantitative estimate of drug-likeness (QED) is 0.628. The Kier molecular flexibility index (Phi) is 5.18. The van der Waals surface area contributed by atoms with Crippen LogP contribution in [0.25, 0.3) is 0 Å². The van der Waals surface area contributed by atoms with Gasteiger partial charge in [0.15, 0.2) is 0 Å². The average molecular weight is 425 g/mol. The summed E-state index contributed by atoms with van der Waals surface area (Å²) in [5.41, 5.74) is 0.898. The molecule has 8 nitrogen and oxygen atoms in total. The second-order valence-corrected chi connectivity index (χ2v) is 10.1. The van der Waals surface area contributed by atoms with Gasteiger partial charge in [-0.3, -0.25) is 9.44 Å². The molecule has 0 aliphatic carbocycles. The van der Waals surface area contributed by atoms with E-state index in [2.05, 4.69) is 19.4 Å². The van der Waals surface area contributed by atoms with E-state index in [0.29, 0.717) is 11.5 Å². The average Bonchev–Trinajstić information content (AvgIpc) is 3.09. The minimum absolute atomic E-state index is 0.0181. The number of anilines is 2. The van der Waals surface area contributed by atoms with Crippen LogP contribution in [0.15, 0.2) is 56.9 Å². The molecule has 0 aliphatic heterocycles. The molecule has 1 aromatic carbocycles. The van der Waals surface area contributed by atoms with Gasteiger partial charge in [-0.2, -0.15) is 0 Å². The molecule has 0 spiro atoms. The summed E-state index contributed by atoms with van der Waals surface area (Å²) in [5, 5.41) is 1.66. The second kappa shape index (κ2) is 7.25. The molecular weight excluding hydrogens is 408 g/mol. The van der Waals surface area contributed by atoms with E-state index in [4.69, 9.17) is 0 Å². The van der Waals surface area contributed by atoms with Gasteiger partial charge in [-0.05, 0) is 49.6 Å². The number of hydrogen-bond donors (Lipinski definition) is 2. The number of benzene rings is 1. The zero-order valence-electron chi connectivity index (χ0n) is 14.4. The Bertz CT molecular complexity index is 1140. The van der Waals surface area contributed by atoms with Gasteiger partial charge in [0.25, 0.3) is 20.0 Å². The molecule has 0 aliphatic rings. The van der Waals surface area contributed by atoms with E-state index >= 15 is 0 Å². The van der Waals surface area contributed by atoms with Crippen molar-refractivity contribution in [1.82, 2.24) is 9.97 Å². The van der Waals surface area contributed by atoms with Crippen LogP contribution in [0.4, 0.5) is 11.5 Å². The molecule has 2 N–H and O–H groups in total. The van der Waals surface area contributed by atoms with Crippen molar-refractivity contribution in [2.75, 3.05) is 9.44 Å². The van der Waals surface area contributed by atoms with E-state index in [-0.39, 0.29) is 20.6 Å². The van der Waals surface area contributed by atoms with Crippen molar-refractivity contribution in [3.05, 3.63) is 59.4 Å². The first-order chi connectivity index (χ1) is 12.7. The molecule has 27 heavy (non-hydrogen) atoms. The minimum atomic E-state index is -3.87. The van der Waals surface area contributed by atoms with Gasteiger partial charge >= 0.3 is 0 Å². The minimum Gasteiger partial charge on any atom is -0.279 e. The first kappa shape index (κ1) is 19.3. The summed E-state index contributed by atoms with van der Waals surface area (Å²) in [6.07, 6.45) is 0. The van der Waals surface area contributed by atoms with E-state index in [1.807, 2.05) is 0 Å². The molecule has 0 atom stereocenters. The molecule has 142 valence electrons. The Labute approximate surface area is 161 Å². The van der Waals surface area contributed by atoms with Gasteiger partial charge in [0.05, 0.1) is 4.90 Å². The molecule has 3 aromatic rings. The Morgan fingerprint density at radius 1 is 0.889 bits per heavy atom. The highest BCUT2D eigenvalue weighted by Gasteiger charge is 2.18. The molecule has 2 heterocycles. The number of hydrogen-bond acceptors (Lipinski definition) is 7. The van der Waals surface area contributed by atoms with Crippen LogP contribution in [0.2, 0.25) is 0 Å². The lowest BCUT2D eigenvalue weighted by molar-refractivity contribution is 0.600. The number of nitrogens with one attached hydrogen (secondary N) is 2. The van der Waals surface area contributed by atoms with E-state index in [0.717, 1.165) is 11.3 Å². The maximum Gasteiger partial charge on any atom is 0.271 e. The smallest absolute Gasteiger partial charge is 0.271 e. The Balaban J connectivity index is 1.80. The highest BCUT2D eigenvalue weighted by molar-refractivity contribution is 7.94. The van der Waals surface area contributed by atoms with Gasteiger partial charge in [-0.1, -0.05) is 6.07 Å². The third-order valence-corrected chi connectivity index (χ3v) is 7.53. The fourth-order valence-electron chi connectivity index (χ4n) is 2.29. The van der Waals surface area contributed by atoms with Crippen LogP contribution in [0.5, 0.6) is 0 Å². The van der Waals surface area contributed by atoms with Crippen LogP contribution in [-0.4, -0.2) is 26.8 Å². The van der Waals surface area contributed by atoms with E-state index in [1.165, 1.54) is 36.4 Å². The van der Waals surface area contributed by atoms with Gasteiger partial charge in [-0.15, -0.1) is 11.3 Å². The second-order valence-electron chi connectivity index (χ2n) is 5.61. The normalized spacial score (nSPS) is 11.9. The van der Waals surface area contributed by atoms with Crippen molar-refractivity contribution >= 4 is 42.9 Å². The number of aromatic nitrogens is 2. The van der Waals surface area contributed by atoms with Gasteiger partial charge in [0, 0.05) is 17.4 Å². The Morgan fingerprint density at radius 3 is 2.19 bits per heavy atom. The molecule has 11 heteroatoms. The monoisotopic (exact) mass is 424 g/mol. The largest absolute Gasteiger partial charge is 0.279 e. The molecule has 0 amide bonds. The summed E-state index contributed by atoms with van der Waals surface area (Å²) in [7, 11) is -7.56. The molecule has 0 radical (unpaired) electrons. The molecule has 0 unspecified atom stereocenters. The van der Waals surface area contributed by atoms with Crippen LogP contribution < -0.4 is 9.44 Å². The van der Waals surface area contributed by atoms with Crippen molar-refractivity contribution in [3.8, 4) is 0 Å². The fraction of sp³-hybridized carbons (Fsp3) is 0.125. The van der Waals surface area contributed by atoms with E-state index in [1.54, 1.807) is 25.3 Å². The standard InChI is InChI=1S/C16H16N4O4S3/c1-11-10-15(18-12(2)17-11)20-26(21,22)14-7-5-13(6-8-14)19-27(23,24)16-4-3-9-25-16/h3-10,19H,1-2H3,(H,17,18,20). The summed E-state index contributed by atoms with van der Waals surface area (Å²) in [4.78, 5) is 8.12. The fourth-order valence-corrected chi connectivity index (χ4v) is 5.33. The lowest BCUT2D eigenvalue weighted by atomic mass is 10.3. The van der Waals surface area contributed by atoms with Crippen molar-refractivity contribution in [2.24, 2.45) is 0 Å². The SMILES string of the molecule is Cc1cc(NS(=O)(=O)c2ccc(NS(=O)(=O)c3cccs3)cc2)nc(C)n1. The number of rotatable bonds is 6. The van der Waals surface area contributed by atoms with Crippen LogP contribution in [-0.2, 0) is 20.0 Å². The van der Waals surface area contributed by atoms with Crippen LogP contribution in [0, 0.1) is 13.8 Å². The summed E-state index contributed by atoms with van der Waals surface area (Å²) in [5.74, 6) is 0.619. The number of thiophene rings is 1. The van der Waals surface area contributed by atoms with Crippen LogP contribution >= 0.6 is 11.3 Å². The zero-order valence-corrected chi connectivity index (χ0v) is 16.8. The number of nitrogens with zero attached hydrogens (tertiary/aromatic N) is 2. The Morgan fingerprint density at radius 2 is 1.59 bits per heavy atom. The van der Waals surface area contributed by atoms with Crippen LogP contribution in [0.1, 0.15) is 11.5 Å². The zero-order chi connectivity index (χ0) is 19.7. The Hall–Kier alpha value is -2.50. The predicted molar refractivity (Wildman–Crippen MR) is 104 cm³/mol. The third-order valence-electron chi connectivity index (χ3n) is 3.38. The molecule has 3 rings (SSSR count). The molecule has 0 fully saturated rings. The third kappa shape index (κ3) is 4.62. The lowest BCUT2D eigenvalue weighted by Gasteiger charge is -2.10. The number of sulfonamides is 2. The highest BCUT2D eigenvalue weighted by Crippen LogP contribution is 2.22. The summed E-state index contributed by atoms with van der Waals surface area (Å²) in [6, 6.07) is 10.0. The molecule has 0 saturated carbocycles. The highest BCUT2D eigenvalue weighted by atomic mass is 32.2. The van der Waals surface area contributed by atoms with Crippen molar-refractivity contribution < 1.29 is 16.8 Å². The van der Waals surface area contributed by atoms with Crippen molar-refractivity contribution in [2.45, 2.75) is 23.0 Å². The first-order valence-electron chi connectivity index (χ1n) is 7.67.